The van der Waals surface area contributed by atoms with E-state index in [0.29, 0.717) is 11.3 Å². The molecule has 1 aromatic rings. The lowest BCUT2D eigenvalue weighted by Gasteiger charge is -2.15. The lowest BCUT2D eigenvalue weighted by molar-refractivity contribution is 0.282. The molecule has 12 heavy (non-hydrogen) atoms. The number of aliphatic hydroxyl groups is 1. The van der Waals surface area contributed by atoms with Gasteiger partial charge in [0.05, 0.1) is 6.61 Å². The van der Waals surface area contributed by atoms with Crippen molar-refractivity contribution >= 4 is 11.5 Å². The fraction of sp³-hybridized carbons (Fsp3) is 0.375. The zero-order chi connectivity index (χ0) is 9.14. The van der Waals surface area contributed by atoms with Crippen molar-refractivity contribution in [3.8, 4) is 0 Å². The van der Waals surface area contributed by atoms with Crippen LogP contribution in [0.4, 0.5) is 11.5 Å². The molecule has 0 radical (unpaired) electrons. The first-order valence-electron chi connectivity index (χ1n) is 3.68. The van der Waals surface area contributed by atoms with Gasteiger partial charge >= 0.3 is 0 Å². The quantitative estimate of drug-likeness (QED) is 0.661. The van der Waals surface area contributed by atoms with Crippen molar-refractivity contribution in [3.63, 3.8) is 0 Å². The molecule has 0 saturated heterocycles. The van der Waals surface area contributed by atoms with Gasteiger partial charge in [-0.15, -0.1) is 0 Å². The molecule has 1 aromatic heterocycles. The summed E-state index contributed by atoms with van der Waals surface area (Å²) < 4.78 is 0. The summed E-state index contributed by atoms with van der Waals surface area (Å²) in [4.78, 5) is 5.92. The normalized spacial score (nSPS) is 9.92. The highest BCUT2D eigenvalue weighted by Crippen LogP contribution is 2.20. The van der Waals surface area contributed by atoms with Gasteiger partial charge in [-0.2, -0.15) is 0 Å². The third kappa shape index (κ3) is 1.48. The van der Waals surface area contributed by atoms with Gasteiger partial charge < -0.3 is 15.7 Å². The van der Waals surface area contributed by atoms with E-state index in [-0.39, 0.29) is 6.61 Å². The molecule has 0 spiro atoms. The Bertz CT molecular complexity index is 273. The SMILES string of the molecule is CN(C)c1nccc(N)c1CO. The van der Waals surface area contributed by atoms with Crippen LogP contribution < -0.4 is 10.6 Å². The number of nitrogens with zero attached hydrogens (tertiary/aromatic N) is 2. The summed E-state index contributed by atoms with van der Waals surface area (Å²) in [7, 11) is 3.72. The molecule has 0 aliphatic rings. The maximum atomic E-state index is 9.00. The number of anilines is 2. The molecule has 0 fully saturated rings. The fourth-order valence-corrected chi connectivity index (χ4v) is 1.04. The number of rotatable bonds is 2. The lowest BCUT2D eigenvalue weighted by atomic mass is 10.2. The minimum atomic E-state index is -0.0762. The van der Waals surface area contributed by atoms with Gasteiger partial charge in [-0.1, -0.05) is 0 Å². The maximum Gasteiger partial charge on any atom is 0.135 e. The summed E-state index contributed by atoms with van der Waals surface area (Å²) in [6.07, 6.45) is 1.63. The topological polar surface area (TPSA) is 62.4 Å². The predicted molar refractivity (Wildman–Crippen MR) is 48.9 cm³/mol. The second kappa shape index (κ2) is 3.40. The van der Waals surface area contributed by atoms with Gasteiger partial charge in [-0.05, 0) is 6.07 Å². The highest BCUT2D eigenvalue weighted by molar-refractivity contribution is 5.59. The summed E-state index contributed by atoms with van der Waals surface area (Å²) >= 11 is 0. The van der Waals surface area contributed by atoms with Crippen LogP contribution in [0.15, 0.2) is 12.3 Å². The van der Waals surface area contributed by atoms with Gasteiger partial charge in [0.2, 0.25) is 0 Å². The fourth-order valence-electron chi connectivity index (χ4n) is 1.04. The van der Waals surface area contributed by atoms with E-state index in [2.05, 4.69) is 4.98 Å². The average Bonchev–Trinajstić information content (AvgIpc) is 2.03. The molecule has 0 bridgehead atoms. The smallest absolute Gasteiger partial charge is 0.135 e. The largest absolute Gasteiger partial charge is 0.398 e. The van der Waals surface area contributed by atoms with E-state index in [9.17, 15) is 0 Å². The molecule has 4 heteroatoms. The highest BCUT2D eigenvalue weighted by Gasteiger charge is 2.07. The third-order valence-corrected chi connectivity index (χ3v) is 1.65. The Kier molecular flexibility index (Phi) is 2.50. The average molecular weight is 167 g/mol. The van der Waals surface area contributed by atoms with E-state index in [1.165, 1.54) is 0 Å². The van der Waals surface area contributed by atoms with Crippen molar-refractivity contribution in [2.45, 2.75) is 6.61 Å². The monoisotopic (exact) mass is 167 g/mol. The van der Waals surface area contributed by atoms with Crippen LogP contribution in [0.3, 0.4) is 0 Å². The summed E-state index contributed by atoms with van der Waals surface area (Å²) in [6.45, 7) is -0.0762. The van der Waals surface area contributed by atoms with E-state index in [4.69, 9.17) is 10.8 Å². The first kappa shape index (κ1) is 8.80. The first-order valence-corrected chi connectivity index (χ1v) is 3.68. The van der Waals surface area contributed by atoms with Crippen LogP contribution in [0.5, 0.6) is 0 Å². The van der Waals surface area contributed by atoms with Crippen LogP contribution in [-0.2, 0) is 6.61 Å². The second-order valence-electron chi connectivity index (χ2n) is 2.75. The van der Waals surface area contributed by atoms with Crippen LogP contribution in [-0.4, -0.2) is 24.2 Å². The molecule has 0 unspecified atom stereocenters. The molecule has 0 amide bonds. The van der Waals surface area contributed by atoms with E-state index >= 15 is 0 Å². The Morgan fingerprint density at radius 3 is 2.67 bits per heavy atom. The predicted octanol–water partition coefficient (Wildman–Crippen LogP) is 0.222. The summed E-state index contributed by atoms with van der Waals surface area (Å²) in [6, 6.07) is 1.68. The molecule has 1 heterocycles. The van der Waals surface area contributed by atoms with Crippen molar-refractivity contribution in [1.82, 2.24) is 4.98 Å². The minimum Gasteiger partial charge on any atom is -0.398 e. The Morgan fingerprint density at radius 1 is 1.58 bits per heavy atom. The van der Waals surface area contributed by atoms with Gasteiger partial charge in [0.15, 0.2) is 0 Å². The molecular formula is C8H13N3O. The van der Waals surface area contributed by atoms with Gasteiger partial charge in [0.25, 0.3) is 0 Å². The van der Waals surface area contributed by atoms with E-state index < -0.39 is 0 Å². The third-order valence-electron chi connectivity index (χ3n) is 1.65. The van der Waals surface area contributed by atoms with Crippen molar-refractivity contribution < 1.29 is 5.11 Å². The maximum absolute atomic E-state index is 9.00. The molecule has 0 saturated carbocycles. The molecule has 0 aliphatic carbocycles. The summed E-state index contributed by atoms with van der Waals surface area (Å²) in [5.41, 5.74) is 6.91. The van der Waals surface area contributed by atoms with Gasteiger partial charge in [0.1, 0.15) is 5.82 Å². The minimum absolute atomic E-state index is 0.0762. The molecule has 0 atom stereocenters. The summed E-state index contributed by atoms with van der Waals surface area (Å²) in [5, 5.41) is 9.00. The number of aromatic nitrogens is 1. The van der Waals surface area contributed by atoms with Gasteiger partial charge in [-0.25, -0.2) is 4.98 Å². The number of hydrogen-bond acceptors (Lipinski definition) is 4. The van der Waals surface area contributed by atoms with E-state index in [1.807, 2.05) is 19.0 Å². The second-order valence-corrected chi connectivity index (χ2v) is 2.75. The molecular weight excluding hydrogens is 154 g/mol. The molecule has 3 N–H and O–H groups in total. The number of pyridine rings is 1. The Labute approximate surface area is 71.6 Å². The van der Waals surface area contributed by atoms with E-state index in [1.54, 1.807) is 12.3 Å². The Balaban J connectivity index is 3.18. The zero-order valence-electron chi connectivity index (χ0n) is 7.28. The Morgan fingerprint density at radius 2 is 2.25 bits per heavy atom. The van der Waals surface area contributed by atoms with Crippen LogP contribution in [0, 0.1) is 0 Å². The first-order chi connectivity index (χ1) is 5.66. The number of aliphatic hydroxyl groups excluding tert-OH is 1. The molecule has 0 aromatic carbocycles. The number of hydrogen-bond donors (Lipinski definition) is 2. The van der Waals surface area contributed by atoms with Crippen molar-refractivity contribution in [2.75, 3.05) is 24.7 Å². The zero-order valence-corrected chi connectivity index (χ0v) is 7.28. The van der Waals surface area contributed by atoms with Crippen molar-refractivity contribution in [2.24, 2.45) is 0 Å². The van der Waals surface area contributed by atoms with Crippen molar-refractivity contribution in [1.29, 1.82) is 0 Å². The highest BCUT2D eigenvalue weighted by atomic mass is 16.3. The molecule has 1 rings (SSSR count). The molecule has 0 aliphatic heterocycles. The van der Waals surface area contributed by atoms with E-state index in [0.717, 1.165) is 5.82 Å². The van der Waals surface area contributed by atoms with Crippen LogP contribution >= 0.6 is 0 Å². The number of nitrogen functional groups attached to an aromatic ring is 1. The molecule has 4 nitrogen and oxygen atoms in total. The van der Waals surface area contributed by atoms with Gasteiger partial charge in [-0.3, -0.25) is 0 Å². The summed E-state index contributed by atoms with van der Waals surface area (Å²) in [5.74, 6) is 0.720. The van der Waals surface area contributed by atoms with Crippen LogP contribution in [0.1, 0.15) is 5.56 Å². The van der Waals surface area contributed by atoms with Gasteiger partial charge in [0, 0.05) is 31.5 Å². The van der Waals surface area contributed by atoms with Crippen LogP contribution in [0.2, 0.25) is 0 Å². The Hall–Kier alpha value is -1.29. The van der Waals surface area contributed by atoms with Crippen molar-refractivity contribution in [3.05, 3.63) is 17.8 Å². The number of nitrogens with two attached hydrogens (primary N) is 1. The lowest BCUT2D eigenvalue weighted by Crippen LogP contribution is -2.14. The molecule has 66 valence electrons. The van der Waals surface area contributed by atoms with Crippen LogP contribution in [0.25, 0.3) is 0 Å². The standard InChI is InChI=1S/C8H13N3O/c1-11(2)8-6(5-12)7(9)3-4-10-8/h3-4,12H,5H2,1-2H3,(H2,9,10).